The van der Waals surface area contributed by atoms with E-state index in [0.29, 0.717) is 6.54 Å². The Morgan fingerprint density at radius 3 is 2.86 bits per heavy atom. The van der Waals surface area contributed by atoms with Crippen LogP contribution in [0.4, 0.5) is 11.4 Å². The van der Waals surface area contributed by atoms with Gasteiger partial charge < -0.3 is 19.9 Å². The van der Waals surface area contributed by atoms with Crippen LogP contribution >= 0.6 is 0 Å². The molecule has 3 rings (SSSR count). The normalized spacial score (nSPS) is 18.2. The second-order valence-electron chi connectivity index (χ2n) is 5.61. The summed E-state index contributed by atoms with van der Waals surface area (Å²) in [5.74, 6) is 0.771. The summed E-state index contributed by atoms with van der Waals surface area (Å²) in [6.45, 7) is 10.5. The van der Waals surface area contributed by atoms with E-state index in [1.165, 1.54) is 0 Å². The van der Waals surface area contributed by atoms with Gasteiger partial charge in [0.15, 0.2) is 6.61 Å². The van der Waals surface area contributed by atoms with Gasteiger partial charge in [-0.3, -0.25) is 4.79 Å². The second-order valence-corrected chi connectivity index (χ2v) is 5.61. The van der Waals surface area contributed by atoms with Gasteiger partial charge in [0.05, 0.1) is 5.69 Å². The number of nitrogens with one attached hydrogen (secondary N) is 1. The van der Waals surface area contributed by atoms with Crippen LogP contribution in [-0.2, 0) is 4.79 Å². The molecule has 0 spiro atoms. The standard InChI is InChI=1S/C16H21N3O2/c1-12(2)10-19-14-4-3-13(18-7-5-17-6-8-18)9-15(14)21-11-16(19)20/h3-4,9,17H,1,5-8,10-11H2,2H3. The highest BCUT2D eigenvalue weighted by molar-refractivity contribution is 5.98. The lowest BCUT2D eigenvalue weighted by Gasteiger charge is -2.33. The number of hydrogen-bond donors (Lipinski definition) is 1. The van der Waals surface area contributed by atoms with Crippen LogP contribution in [0.5, 0.6) is 5.75 Å². The number of hydrogen-bond acceptors (Lipinski definition) is 4. The summed E-state index contributed by atoms with van der Waals surface area (Å²) in [4.78, 5) is 16.1. The molecule has 5 heteroatoms. The Morgan fingerprint density at radius 2 is 2.14 bits per heavy atom. The van der Waals surface area contributed by atoms with E-state index in [1.807, 2.05) is 19.1 Å². The Kier molecular flexibility index (Phi) is 3.84. The predicted octanol–water partition coefficient (Wildman–Crippen LogP) is 1.40. The van der Waals surface area contributed by atoms with Crippen LogP contribution in [0.3, 0.4) is 0 Å². The fourth-order valence-electron chi connectivity index (χ4n) is 2.76. The first-order valence-electron chi connectivity index (χ1n) is 7.32. The summed E-state index contributed by atoms with van der Waals surface area (Å²) in [5.41, 5.74) is 2.95. The fraction of sp³-hybridized carbons (Fsp3) is 0.438. The molecule has 0 bridgehead atoms. The van der Waals surface area contributed by atoms with Gasteiger partial charge in [-0.05, 0) is 19.1 Å². The van der Waals surface area contributed by atoms with E-state index in [2.05, 4.69) is 22.9 Å². The Bertz CT molecular complexity index is 565. The quantitative estimate of drug-likeness (QED) is 0.854. The van der Waals surface area contributed by atoms with E-state index in [1.54, 1.807) is 4.90 Å². The highest BCUT2D eigenvalue weighted by atomic mass is 16.5. The smallest absolute Gasteiger partial charge is 0.265 e. The van der Waals surface area contributed by atoms with E-state index in [-0.39, 0.29) is 12.5 Å². The fourth-order valence-corrected chi connectivity index (χ4v) is 2.76. The zero-order valence-electron chi connectivity index (χ0n) is 12.4. The molecule has 1 amide bonds. The highest BCUT2D eigenvalue weighted by Gasteiger charge is 2.26. The highest BCUT2D eigenvalue weighted by Crippen LogP contribution is 2.36. The Morgan fingerprint density at radius 1 is 1.38 bits per heavy atom. The first-order chi connectivity index (χ1) is 10.1. The first kappa shape index (κ1) is 13.9. The van der Waals surface area contributed by atoms with Crippen molar-refractivity contribution in [3.8, 4) is 5.75 Å². The molecule has 0 radical (unpaired) electrons. The minimum Gasteiger partial charge on any atom is -0.481 e. The van der Waals surface area contributed by atoms with Crippen LogP contribution in [-0.4, -0.2) is 45.2 Å². The molecule has 21 heavy (non-hydrogen) atoms. The monoisotopic (exact) mass is 287 g/mol. The molecule has 1 aromatic rings. The van der Waals surface area contributed by atoms with Crippen LogP contribution in [0, 0.1) is 0 Å². The SMILES string of the molecule is C=C(C)CN1C(=O)COc2cc(N3CCNCC3)ccc21. The molecule has 112 valence electrons. The maximum Gasteiger partial charge on any atom is 0.265 e. The molecule has 2 heterocycles. The zero-order chi connectivity index (χ0) is 14.8. The lowest BCUT2D eigenvalue weighted by atomic mass is 10.1. The summed E-state index contributed by atoms with van der Waals surface area (Å²) in [6, 6.07) is 6.09. The molecule has 0 saturated carbocycles. The lowest BCUT2D eigenvalue weighted by molar-refractivity contribution is -0.121. The minimum absolute atomic E-state index is 0.0135. The molecule has 1 N–H and O–H groups in total. The van der Waals surface area contributed by atoms with Crippen molar-refractivity contribution >= 4 is 17.3 Å². The van der Waals surface area contributed by atoms with Crippen molar-refractivity contribution < 1.29 is 9.53 Å². The van der Waals surface area contributed by atoms with Gasteiger partial charge in [0.1, 0.15) is 5.75 Å². The van der Waals surface area contributed by atoms with Gasteiger partial charge in [0, 0.05) is 44.5 Å². The molecule has 2 aliphatic heterocycles. The predicted molar refractivity (Wildman–Crippen MR) is 84.2 cm³/mol. The third kappa shape index (κ3) is 2.88. The van der Waals surface area contributed by atoms with E-state index < -0.39 is 0 Å². The summed E-state index contributed by atoms with van der Waals surface area (Å²) in [5, 5.41) is 3.35. The minimum atomic E-state index is -0.0135. The molecule has 0 unspecified atom stereocenters. The average Bonchev–Trinajstić information content (AvgIpc) is 2.50. The van der Waals surface area contributed by atoms with Crippen molar-refractivity contribution in [1.29, 1.82) is 0 Å². The number of nitrogens with zero attached hydrogens (tertiary/aromatic N) is 2. The summed E-state index contributed by atoms with van der Waals surface area (Å²) < 4.78 is 5.62. The van der Waals surface area contributed by atoms with Crippen molar-refractivity contribution in [3.63, 3.8) is 0 Å². The zero-order valence-corrected chi connectivity index (χ0v) is 12.4. The van der Waals surface area contributed by atoms with Crippen molar-refractivity contribution in [3.05, 3.63) is 30.4 Å². The molecule has 1 saturated heterocycles. The molecule has 0 atom stereocenters. The van der Waals surface area contributed by atoms with E-state index in [0.717, 1.165) is 48.9 Å². The lowest BCUT2D eigenvalue weighted by Crippen LogP contribution is -2.43. The number of anilines is 2. The van der Waals surface area contributed by atoms with Gasteiger partial charge in [-0.25, -0.2) is 0 Å². The van der Waals surface area contributed by atoms with Crippen LogP contribution in [0.15, 0.2) is 30.4 Å². The van der Waals surface area contributed by atoms with Crippen molar-refractivity contribution in [2.24, 2.45) is 0 Å². The van der Waals surface area contributed by atoms with Crippen LogP contribution < -0.4 is 19.9 Å². The number of piperazine rings is 1. The molecule has 2 aliphatic rings. The van der Waals surface area contributed by atoms with Crippen molar-refractivity contribution in [1.82, 2.24) is 5.32 Å². The van der Waals surface area contributed by atoms with Gasteiger partial charge in [-0.2, -0.15) is 0 Å². The number of fused-ring (bicyclic) bond motifs is 1. The molecule has 1 fully saturated rings. The van der Waals surface area contributed by atoms with Gasteiger partial charge in [-0.1, -0.05) is 12.2 Å². The van der Waals surface area contributed by atoms with E-state index in [9.17, 15) is 4.79 Å². The van der Waals surface area contributed by atoms with Crippen LogP contribution in [0.1, 0.15) is 6.92 Å². The Hall–Kier alpha value is -2.01. The number of benzene rings is 1. The van der Waals surface area contributed by atoms with Crippen LogP contribution in [0.2, 0.25) is 0 Å². The molecular weight excluding hydrogens is 266 g/mol. The summed E-state index contributed by atoms with van der Waals surface area (Å²) >= 11 is 0. The van der Waals surface area contributed by atoms with Gasteiger partial charge in [0.2, 0.25) is 0 Å². The number of ether oxygens (including phenoxy) is 1. The van der Waals surface area contributed by atoms with E-state index >= 15 is 0 Å². The number of rotatable bonds is 3. The maximum atomic E-state index is 12.0. The average molecular weight is 287 g/mol. The number of carbonyl (C=O) groups excluding carboxylic acids is 1. The number of carbonyl (C=O) groups is 1. The molecule has 0 aromatic heterocycles. The molecule has 5 nitrogen and oxygen atoms in total. The largest absolute Gasteiger partial charge is 0.481 e. The Labute approximate surface area is 125 Å². The third-order valence-corrected chi connectivity index (χ3v) is 3.80. The van der Waals surface area contributed by atoms with Crippen LogP contribution in [0.25, 0.3) is 0 Å². The van der Waals surface area contributed by atoms with E-state index in [4.69, 9.17) is 4.74 Å². The maximum absolute atomic E-state index is 12.0. The van der Waals surface area contributed by atoms with Gasteiger partial charge in [-0.15, -0.1) is 0 Å². The second kappa shape index (κ2) is 5.77. The van der Waals surface area contributed by atoms with Gasteiger partial charge in [0.25, 0.3) is 5.91 Å². The van der Waals surface area contributed by atoms with Crippen molar-refractivity contribution in [2.45, 2.75) is 6.92 Å². The molecule has 1 aromatic carbocycles. The van der Waals surface area contributed by atoms with Gasteiger partial charge >= 0.3 is 0 Å². The summed E-state index contributed by atoms with van der Waals surface area (Å²) in [6.07, 6.45) is 0. The van der Waals surface area contributed by atoms with Crippen molar-refractivity contribution in [2.75, 3.05) is 49.1 Å². The Balaban J connectivity index is 1.88. The summed E-state index contributed by atoms with van der Waals surface area (Å²) in [7, 11) is 0. The topological polar surface area (TPSA) is 44.8 Å². The number of amides is 1. The molecule has 0 aliphatic carbocycles. The first-order valence-corrected chi connectivity index (χ1v) is 7.32. The third-order valence-electron chi connectivity index (χ3n) is 3.80. The molecular formula is C16H21N3O2.